The molecular weight excluding hydrogens is 340 g/mol. The second-order valence-corrected chi connectivity index (χ2v) is 8.07. The number of ether oxygens (including phenoxy) is 1. The summed E-state index contributed by atoms with van der Waals surface area (Å²) in [4.78, 5) is 22.4. The molecule has 136 valence electrons. The van der Waals surface area contributed by atoms with E-state index in [9.17, 15) is 4.79 Å². The van der Waals surface area contributed by atoms with E-state index in [0.717, 1.165) is 49.2 Å². The standard InChI is InChI=1S/C18H25ClN4O2/c1-12-9-14-15(19)20-11-21-16(14)23(12)10-13-5-7-22(8-6-13)17(24)25-18(2,3)4/h9,11,13H,5-8,10H2,1-4H3. The molecule has 1 aliphatic rings. The van der Waals surface area contributed by atoms with Gasteiger partial charge < -0.3 is 14.2 Å². The predicted molar refractivity (Wildman–Crippen MR) is 97.8 cm³/mol. The summed E-state index contributed by atoms with van der Waals surface area (Å²) in [6.07, 6.45) is 3.20. The van der Waals surface area contributed by atoms with E-state index in [2.05, 4.69) is 21.5 Å². The van der Waals surface area contributed by atoms with Gasteiger partial charge in [0.25, 0.3) is 0 Å². The van der Waals surface area contributed by atoms with Crippen molar-refractivity contribution >= 4 is 28.7 Å². The van der Waals surface area contributed by atoms with Gasteiger partial charge in [0.2, 0.25) is 0 Å². The van der Waals surface area contributed by atoms with Gasteiger partial charge in [-0.3, -0.25) is 0 Å². The number of carbonyl (C=O) groups is 1. The van der Waals surface area contributed by atoms with E-state index in [1.807, 2.05) is 26.8 Å². The Labute approximate surface area is 153 Å². The largest absolute Gasteiger partial charge is 0.444 e. The number of fused-ring (bicyclic) bond motifs is 1. The molecule has 7 heteroatoms. The highest BCUT2D eigenvalue weighted by molar-refractivity contribution is 6.33. The molecule has 0 N–H and O–H groups in total. The molecule has 0 aliphatic carbocycles. The number of hydrogen-bond acceptors (Lipinski definition) is 4. The third kappa shape index (κ3) is 4.06. The Bertz CT molecular complexity index is 773. The van der Waals surface area contributed by atoms with Crippen molar-refractivity contribution in [3.8, 4) is 0 Å². The first-order valence-corrected chi connectivity index (χ1v) is 9.06. The van der Waals surface area contributed by atoms with Crippen molar-refractivity contribution in [2.75, 3.05) is 13.1 Å². The molecule has 25 heavy (non-hydrogen) atoms. The number of rotatable bonds is 2. The number of hydrogen-bond donors (Lipinski definition) is 0. The van der Waals surface area contributed by atoms with Gasteiger partial charge in [-0.05, 0) is 52.5 Å². The van der Waals surface area contributed by atoms with Crippen LogP contribution in [0.4, 0.5) is 4.79 Å². The minimum atomic E-state index is -0.450. The average Bonchev–Trinajstić information content (AvgIpc) is 2.84. The number of halogens is 1. The SMILES string of the molecule is Cc1cc2c(Cl)ncnc2n1CC1CCN(C(=O)OC(C)(C)C)CC1. The molecule has 1 fully saturated rings. The lowest BCUT2D eigenvalue weighted by Crippen LogP contribution is -2.42. The van der Waals surface area contributed by atoms with Crippen LogP contribution in [0.5, 0.6) is 0 Å². The Hall–Kier alpha value is -1.82. The maximum Gasteiger partial charge on any atom is 0.410 e. The van der Waals surface area contributed by atoms with Crippen molar-refractivity contribution in [2.45, 2.75) is 52.7 Å². The Kier molecular flexibility index (Phi) is 4.91. The summed E-state index contributed by atoms with van der Waals surface area (Å²) in [6.45, 7) is 10.1. The summed E-state index contributed by atoms with van der Waals surface area (Å²) in [7, 11) is 0. The molecule has 1 saturated heterocycles. The fraction of sp³-hybridized carbons (Fsp3) is 0.611. The van der Waals surface area contributed by atoms with Crippen LogP contribution in [0.25, 0.3) is 11.0 Å². The second-order valence-electron chi connectivity index (χ2n) is 7.71. The van der Waals surface area contributed by atoms with E-state index < -0.39 is 5.60 Å². The fourth-order valence-corrected chi connectivity index (χ4v) is 3.45. The van der Waals surface area contributed by atoms with Crippen LogP contribution in [0.2, 0.25) is 5.15 Å². The van der Waals surface area contributed by atoms with Gasteiger partial charge in [0.15, 0.2) is 0 Å². The molecular formula is C18H25ClN4O2. The van der Waals surface area contributed by atoms with E-state index in [0.29, 0.717) is 11.1 Å². The molecule has 0 unspecified atom stereocenters. The van der Waals surface area contributed by atoms with Crippen LogP contribution >= 0.6 is 11.6 Å². The normalized spacial score (nSPS) is 16.4. The summed E-state index contributed by atoms with van der Waals surface area (Å²) in [5.41, 5.74) is 1.56. The van der Waals surface area contributed by atoms with E-state index in [4.69, 9.17) is 16.3 Å². The first-order chi connectivity index (χ1) is 11.7. The summed E-state index contributed by atoms with van der Waals surface area (Å²) in [5, 5.41) is 1.39. The summed E-state index contributed by atoms with van der Waals surface area (Å²) in [6, 6.07) is 2.04. The molecule has 3 rings (SSSR count). The van der Waals surface area contributed by atoms with E-state index in [1.165, 1.54) is 6.33 Å². The molecule has 0 spiro atoms. The molecule has 2 aromatic rings. The first-order valence-electron chi connectivity index (χ1n) is 8.69. The molecule has 2 aromatic heterocycles. The van der Waals surface area contributed by atoms with Gasteiger partial charge in [-0.2, -0.15) is 0 Å². The second kappa shape index (κ2) is 6.83. The molecule has 6 nitrogen and oxygen atoms in total. The first kappa shape index (κ1) is 18.0. The van der Waals surface area contributed by atoms with Crippen molar-refractivity contribution in [1.29, 1.82) is 0 Å². The van der Waals surface area contributed by atoms with Gasteiger partial charge in [0.1, 0.15) is 22.7 Å². The van der Waals surface area contributed by atoms with Crippen molar-refractivity contribution in [3.63, 3.8) is 0 Å². The van der Waals surface area contributed by atoms with E-state index in [1.54, 1.807) is 4.90 Å². The van der Waals surface area contributed by atoms with Gasteiger partial charge in [-0.1, -0.05) is 11.6 Å². The summed E-state index contributed by atoms with van der Waals surface area (Å²) in [5.74, 6) is 0.502. The lowest BCUT2D eigenvalue weighted by atomic mass is 9.97. The molecule has 3 heterocycles. The molecule has 0 radical (unpaired) electrons. The van der Waals surface area contributed by atoms with Crippen molar-refractivity contribution in [2.24, 2.45) is 5.92 Å². The Balaban J connectivity index is 1.64. The predicted octanol–water partition coefficient (Wildman–Crippen LogP) is 4.04. The Morgan fingerprint density at radius 1 is 1.32 bits per heavy atom. The number of aromatic nitrogens is 3. The third-order valence-electron chi connectivity index (χ3n) is 4.56. The summed E-state index contributed by atoms with van der Waals surface area (Å²) >= 11 is 6.17. The van der Waals surface area contributed by atoms with Crippen LogP contribution in [0.3, 0.4) is 0 Å². The maximum atomic E-state index is 12.2. The molecule has 1 aliphatic heterocycles. The zero-order chi connectivity index (χ0) is 18.2. The molecule has 1 amide bonds. The highest BCUT2D eigenvalue weighted by Gasteiger charge is 2.27. The monoisotopic (exact) mass is 364 g/mol. The number of carbonyl (C=O) groups excluding carboxylic acids is 1. The quantitative estimate of drug-likeness (QED) is 0.754. The van der Waals surface area contributed by atoms with Crippen molar-refractivity contribution in [3.05, 3.63) is 23.2 Å². The fourth-order valence-electron chi connectivity index (χ4n) is 3.27. The molecule has 0 bridgehead atoms. The highest BCUT2D eigenvalue weighted by Crippen LogP contribution is 2.27. The Morgan fingerprint density at radius 3 is 2.64 bits per heavy atom. The molecule has 0 atom stereocenters. The molecule has 0 aromatic carbocycles. The van der Waals surface area contributed by atoms with E-state index >= 15 is 0 Å². The smallest absolute Gasteiger partial charge is 0.410 e. The van der Waals surface area contributed by atoms with Crippen LogP contribution < -0.4 is 0 Å². The lowest BCUT2D eigenvalue weighted by Gasteiger charge is -2.33. The molecule has 0 saturated carbocycles. The zero-order valence-corrected chi connectivity index (χ0v) is 16.0. The van der Waals surface area contributed by atoms with Crippen LogP contribution in [-0.2, 0) is 11.3 Å². The van der Waals surface area contributed by atoms with Gasteiger partial charge in [0.05, 0.1) is 5.39 Å². The topological polar surface area (TPSA) is 60.2 Å². The van der Waals surface area contributed by atoms with Gasteiger partial charge >= 0.3 is 6.09 Å². The van der Waals surface area contributed by atoms with Gasteiger partial charge in [-0.15, -0.1) is 0 Å². The van der Waals surface area contributed by atoms with Crippen molar-refractivity contribution in [1.82, 2.24) is 19.4 Å². The van der Waals surface area contributed by atoms with Gasteiger partial charge in [-0.25, -0.2) is 14.8 Å². The highest BCUT2D eigenvalue weighted by atomic mass is 35.5. The minimum absolute atomic E-state index is 0.215. The third-order valence-corrected chi connectivity index (χ3v) is 4.86. The number of piperidine rings is 1. The lowest BCUT2D eigenvalue weighted by molar-refractivity contribution is 0.0178. The Morgan fingerprint density at radius 2 is 2.00 bits per heavy atom. The van der Waals surface area contributed by atoms with Crippen LogP contribution in [0.1, 0.15) is 39.3 Å². The number of amides is 1. The number of nitrogens with zero attached hydrogens (tertiary/aromatic N) is 4. The number of likely N-dealkylation sites (tertiary alicyclic amines) is 1. The van der Waals surface area contributed by atoms with Crippen LogP contribution in [0, 0.1) is 12.8 Å². The maximum absolute atomic E-state index is 12.2. The van der Waals surface area contributed by atoms with Crippen LogP contribution in [0.15, 0.2) is 12.4 Å². The van der Waals surface area contributed by atoms with Crippen molar-refractivity contribution < 1.29 is 9.53 Å². The van der Waals surface area contributed by atoms with Crippen LogP contribution in [-0.4, -0.2) is 44.2 Å². The number of aryl methyl sites for hydroxylation is 1. The summed E-state index contributed by atoms with van der Waals surface area (Å²) < 4.78 is 7.66. The average molecular weight is 365 g/mol. The zero-order valence-electron chi connectivity index (χ0n) is 15.3. The van der Waals surface area contributed by atoms with E-state index in [-0.39, 0.29) is 6.09 Å². The van der Waals surface area contributed by atoms with Gasteiger partial charge in [0, 0.05) is 25.3 Å². The minimum Gasteiger partial charge on any atom is -0.444 e.